The molecular formula is C20H38N2O5. The van der Waals surface area contributed by atoms with Crippen LogP contribution in [0, 0.1) is 5.92 Å². The highest BCUT2D eigenvalue weighted by Gasteiger charge is 2.48. The van der Waals surface area contributed by atoms with Gasteiger partial charge in [-0.3, -0.25) is 14.5 Å². The van der Waals surface area contributed by atoms with Crippen LogP contribution < -0.4 is 0 Å². The summed E-state index contributed by atoms with van der Waals surface area (Å²) in [6.45, 7) is 12.0. The first kappa shape index (κ1) is 23.7. The third kappa shape index (κ3) is 6.96. The van der Waals surface area contributed by atoms with Crippen molar-refractivity contribution in [2.45, 2.75) is 91.0 Å². The lowest BCUT2D eigenvalue weighted by molar-refractivity contribution is -0.168. The van der Waals surface area contributed by atoms with Crippen molar-refractivity contribution in [1.29, 1.82) is 0 Å². The molecule has 158 valence electrons. The summed E-state index contributed by atoms with van der Waals surface area (Å²) in [5.41, 5.74) is -1.26. The molecule has 1 aliphatic rings. The topological polar surface area (TPSA) is 68.3 Å². The number of amides is 2. The van der Waals surface area contributed by atoms with Gasteiger partial charge in [-0.05, 0) is 59.8 Å². The zero-order valence-corrected chi connectivity index (χ0v) is 18.3. The Labute approximate surface area is 164 Å². The molecule has 0 aromatic heterocycles. The predicted molar refractivity (Wildman–Crippen MR) is 104 cm³/mol. The lowest BCUT2D eigenvalue weighted by Gasteiger charge is -2.38. The molecule has 1 saturated heterocycles. The average molecular weight is 387 g/mol. The number of hydrogen-bond acceptors (Lipinski definition) is 5. The minimum absolute atomic E-state index is 0.0419. The molecule has 0 spiro atoms. The lowest BCUT2D eigenvalue weighted by Crippen LogP contribution is -2.52. The van der Waals surface area contributed by atoms with Crippen LogP contribution in [0.15, 0.2) is 0 Å². The molecule has 7 heteroatoms. The molecule has 0 unspecified atom stereocenters. The first-order valence-corrected chi connectivity index (χ1v) is 9.90. The molecule has 0 aromatic rings. The molecule has 2 atom stereocenters. The van der Waals surface area contributed by atoms with Crippen molar-refractivity contribution in [1.82, 2.24) is 9.96 Å². The van der Waals surface area contributed by atoms with E-state index in [0.717, 1.165) is 25.7 Å². The van der Waals surface area contributed by atoms with Gasteiger partial charge in [0.05, 0.1) is 19.8 Å². The van der Waals surface area contributed by atoms with E-state index in [-0.39, 0.29) is 24.0 Å². The highest BCUT2D eigenvalue weighted by molar-refractivity contribution is 5.74. The van der Waals surface area contributed by atoms with Gasteiger partial charge in [-0.2, -0.15) is 0 Å². The van der Waals surface area contributed by atoms with Crippen LogP contribution in [-0.2, 0) is 19.1 Å². The predicted octanol–water partition coefficient (Wildman–Crippen LogP) is 3.96. The third-order valence-corrected chi connectivity index (χ3v) is 4.90. The second kappa shape index (κ2) is 9.73. The summed E-state index contributed by atoms with van der Waals surface area (Å²) in [4.78, 5) is 31.5. The van der Waals surface area contributed by atoms with Crippen molar-refractivity contribution < 1.29 is 23.9 Å². The van der Waals surface area contributed by atoms with Crippen molar-refractivity contribution >= 4 is 12.0 Å². The maximum Gasteiger partial charge on any atom is 0.412 e. The Kier molecular flexibility index (Phi) is 8.54. The van der Waals surface area contributed by atoms with Gasteiger partial charge in [-0.25, -0.2) is 9.86 Å². The molecule has 1 rings (SSSR count). The normalized spacial score (nSPS) is 20.4. The molecule has 1 fully saturated rings. The molecule has 0 saturated carbocycles. The molecule has 0 aliphatic carbocycles. The summed E-state index contributed by atoms with van der Waals surface area (Å²) in [6, 6.07) is -0.0509. The molecule has 27 heavy (non-hydrogen) atoms. The van der Waals surface area contributed by atoms with Crippen LogP contribution in [0.1, 0.15) is 73.6 Å². The molecular weight excluding hydrogens is 348 g/mol. The summed E-state index contributed by atoms with van der Waals surface area (Å²) in [5.74, 6) is 0.213. The highest BCUT2D eigenvalue weighted by atomic mass is 16.7. The molecule has 2 amide bonds. The molecule has 0 bridgehead atoms. The summed E-state index contributed by atoms with van der Waals surface area (Å²) in [5, 5.41) is 1.25. The summed E-state index contributed by atoms with van der Waals surface area (Å²) in [7, 11) is 3.10. The Hall–Kier alpha value is -1.34. The van der Waals surface area contributed by atoms with Gasteiger partial charge in [0.2, 0.25) is 5.91 Å². The number of rotatable bonds is 8. The van der Waals surface area contributed by atoms with E-state index in [1.54, 1.807) is 11.9 Å². The van der Waals surface area contributed by atoms with Gasteiger partial charge in [0.25, 0.3) is 0 Å². The summed E-state index contributed by atoms with van der Waals surface area (Å²) in [6.07, 6.45) is 3.66. The standard InChI is InChI=1S/C20H38N2O5/c1-9-11-15(12-10-13-17(23)21(7)25-8)16-14-26-20(5,6)22(16)18(24)27-19(2,3)4/h15-16H,9-14H2,1-8H3/t15-,16+/m1/s1. The second-order valence-electron chi connectivity index (χ2n) is 8.69. The number of hydroxylamine groups is 2. The number of nitrogens with zero attached hydrogens (tertiary/aromatic N) is 2. The van der Waals surface area contributed by atoms with Crippen LogP contribution in [0.5, 0.6) is 0 Å². The molecule has 0 radical (unpaired) electrons. The van der Waals surface area contributed by atoms with E-state index >= 15 is 0 Å². The third-order valence-electron chi connectivity index (χ3n) is 4.90. The van der Waals surface area contributed by atoms with Crippen LogP contribution in [0.3, 0.4) is 0 Å². The first-order chi connectivity index (χ1) is 12.4. The second-order valence-corrected chi connectivity index (χ2v) is 8.69. The van der Waals surface area contributed by atoms with E-state index in [4.69, 9.17) is 14.3 Å². The van der Waals surface area contributed by atoms with Crippen LogP contribution in [-0.4, -0.2) is 60.1 Å². The van der Waals surface area contributed by atoms with E-state index in [2.05, 4.69) is 6.92 Å². The van der Waals surface area contributed by atoms with Crippen molar-refractivity contribution in [2.24, 2.45) is 5.92 Å². The molecule has 0 N–H and O–H groups in total. The Morgan fingerprint density at radius 3 is 2.44 bits per heavy atom. The Bertz CT molecular complexity index is 501. The Balaban J connectivity index is 2.84. The summed E-state index contributed by atoms with van der Waals surface area (Å²) < 4.78 is 11.6. The summed E-state index contributed by atoms with van der Waals surface area (Å²) >= 11 is 0. The van der Waals surface area contributed by atoms with Gasteiger partial charge >= 0.3 is 6.09 Å². The van der Waals surface area contributed by atoms with E-state index in [0.29, 0.717) is 13.0 Å². The van der Waals surface area contributed by atoms with E-state index in [9.17, 15) is 9.59 Å². The van der Waals surface area contributed by atoms with Gasteiger partial charge in [0.1, 0.15) is 11.3 Å². The van der Waals surface area contributed by atoms with Gasteiger partial charge in [-0.15, -0.1) is 0 Å². The molecule has 7 nitrogen and oxygen atoms in total. The van der Waals surface area contributed by atoms with Gasteiger partial charge in [-0.1, -0.05) is 13.3 Å². The number of carbonyl (C=O) groups is 2. The minimum Gasteiger partial charge on any atom is -0.444 e. The fourth-order valence-electron chi connectivity index (χ4n) is 3.52. The van der Waals surface area contributed by atoms with Crippen molar-refractivity contribution in [2.75, 3.05) is 20.8 Å². The SMILES string of the molecule is CCC[C@H](CCCC(=O)N(C)OC)[C@@H]1COC(C)(C)N1C(=O)OC(C)(C)C. The minimum atomic E-state index is -0.703. The quantitative estimate of drug-likeness (QED) is 0.591. The molecule has 0 aromatic carbocycles. The maximum atomic E-state index is 12.9. The largest absolute Gasteiger partial charge is 0.444 e. The van der Waals surface area contributed by atoms with Crippen LogP contribution in [0.4, 0.5) is 4.79 Å². The van der Waals surface area contributed by atoms with Crippen LogP contribution >= 0.6 is 0 Å². The van der Waals surface area contributed by atoms with E-state index < -0.39 is 11.3 Å². The van der Waals surface area contributed by atoms with Gasteiger partial charge < -0.3 is 9.47 Å². The van der Waals surface area contributed by atoms with Gasteiger partial charge in [0, 0.05) is 13.5 Å². The number of hydrogen-bond donors (Lipinski definition) is 0. The zero-order valence-electron chi connectivity index (χ0n) is 18.3. The smallest absolute Gasteiger partial charge is 0.412 e. The van der Waals surface area contributed by atoms with Gasteiger partial charge in [0.15, 0.2) is 0 Å². The number of carbonyl (C=O) groups excluding carboxylic acids is 2. The molecule has 1 aliphatic heterocycles. The van der Waals surface area contributed by atoms with E-state index in [1.165, 1.54) is 12.2 Å². The van der Waals surface area contributed by atoms with Crippen molar-refractivity contribution in [3.8, 4) is 0 Å². The van der Waals surface area contributed by atoms with Crippen LogP contribution in [0.25, 0.3) is 0 Å². The van der Waals surface area contributed by atoms with Crippen molar-refractivity contribution in [3.05, 3.63) is 0 Å². The molecule has 1 heterocycles. The average Bonchev–Trinajstić information content (AvgIpc) is 2.86. The van der Waals surface area contributed by atoms with Crippen molar-refractivity contribution in [3.63, 3.8) is 0 Å². The Morgan fingerprint density at radius 1 is 1.30 bits per heavy atom. The first-order valence-electron chi connectivity index (χ1n) is 9.90. The zero-order chi connectivity index (χ0) is 20.8. The number of ether oxygens (including phenoxy) is 2. The fraction of sp³-hybridized carbons (Fsp3) is 0.900. The van der Waals surface area contributed by atoms with Crippen LogP contribution in [0.2, 0.25) is 0 Å². The van der Waals surface area contributed by atoms with E-state index in [1.807, 2.05) is 34.6 Å². The Morgan fingerprint density at radius 2 is 1.93 bits per heavy atom. The maximum absolute atomic E-state index is 12.9. The monoisotopic (exact) mass is 386 g/mol. The highest BCUT2D eigenvalue weighted by Crippen LogP contribution is 2.36. The fourth-order valence-corrected chi connectivity index (χ4v) is 3.52. The lowest BCUT2D eigenvalue weighted by atomic mass is 9.89.